The first-order valence-corrected chi connectivity index (χ1v) is 5.48. The fourth-order valence-corrected chi connectivity index (χ4v) is 2.08. The van der Waals surface area contributed by atoms with Crippen LogP contribution >= 0.6 is 11.6 Å². The van der Waals surface area contributed by atoms with Crippen molar-refractivity contribution in [2.45, 2.75) is 6.42 Å². The summed E-state index contributed by atoms with van der Waals surface area (Å²) in [5, 5.41) is 0. The third-order valence-corrected chi connectivity index (χ3v) is 2.91. The highest BCUT2D eigenvalue weighted by atomic mass is 35.5. The Morgan fingerprint density at radius 1 is 1.00 bits per heavy atom. The normalized spacial score (nSPS) is 19.8. The van der Waals surface area contributed by atoms with Gasteiger partial charge in [-0.1, -0.05) is 24.3 Å². The molecular weight excluding hydrogens is 228 g/mol. The van der Waals surface area contributed by atoms with E-state index in [1.165, 1.54) is 6.07 Å². The lowest BCUT2D eigenvalue weighted by Gasteiger charge is -2.19. The highest BCUT2D eigenvalue weighted by Gasteiger charge is 2.39. The van der Waals surface area contributed by atoms with Gasteiger partial charge >= 0.3 is 0 Å². The molecule has 0 saturated carbocycles. The second kappa shape index (κ2) is 4.18. The minimum Gasteiger partial charge on any atom is -0.293 e. The second-order valence-corrected chi connectivity index (χ2v) is 4.01. The van der Waals surface area contributed by atoms with Gasteiger partial charge in [-0.2, -0.15) is 0 Å². The average Bonchev–Trinajstić information content (AvgIpc) is 2.32. The SMILES string of the molecule is O=C1C(=O)C(CCCl)C(=O)c2ccccc21. The molecule has 1 aromatic carbocycles. The maximum atomic E-state index is 11.9. The largest absolute Gasteiger partial charge is 0.293 e. The van der Waals surface area contributed by atoms with Gasteiger partial charge in [0.2, 0.25) is 11.6 Å². The number of halogens is 1. The van der Waals surface area contributed by atoms with Gasteiger partial charge in [0, 0.05) is 17.0 Å². The predicted molar refractivity (Wildman–Crippen MR) is 58.9 cm³/mol. The molecule has 1 aliphatic rings. The Balaban J connectivity index is 2.52. The van der Waals surface area contributed by atoms with E-state index in [1.54, 1.807) is 18.2 Å². The molecule has 4 heteroatoms. The molecule has 3 nitrogen and oxygen atoms in total. The Kier molecular flexibility index (Phi) is 2.88. The van der Waals surface area contributed by atoms with E-state index in [0.717, 1.165) is 0 Å². The van der Waals surface area contributed by atoms with Gasteiger partial charge in [0.1, 0.15) is 0 Å². The molecule has 1 atom stereocenters. The standard InChI is InChI=1S/C12H9ClO3/c13-6-5-9-10(14)7-3-1-2-4-8(7)11(15)12(9)16/h1-4,9H,5-6H2. The molecule has 1 unspecified atom stereocenters. The van der Waals surface area contributed by atoms with E-state index in [1.807, 2.05) is 0 Å². The monoisotopic (exact) mass is 236 g/mol. The van der Waals surface area contributed by atoms with Crippen molar-refractivity contribution in [3.05, 3.63) is 35.4 Å². The smallest absolute Gasteiger partial charge is 0.230 e. The molecule has 0 bridgehead atoms. The summed E-state index contributed by atoms with van der Waals surface area (Å²) in [4.78, 5) is 35.3. The van der Waals surface area contributed by atoms with Crippen molar-refractivity contribution in [3.8, 4) is 0 Å². The summed E-state index contributed by atoms with van der Waals surface area (Å²) in [6.07, 6.45) is 0.222. The topological polar surface area (TPSA) is 51.2 Å². The van der Waals surface area contributed by atoms with E-state index in [0.29, 0.717) is 5.56 Å². The van der Waals surface area contributed by atoms with Crippen molar-refractivity contribution in [1.29, 1.82) is 0 Å². The van der Waals surface area contributed by atoms with Gasteiger partial charge < -0.3 is 0 Å². The number of carbonyl (C=O) groups excluding carboxylic acids is 3. The highest BCUT2D eigenvalue weighted by molar-refractivity contribution is 6.51. The van der Waals surface area contributed by atoms with Gasteiger partial charge in [-0.05, 0) is 6.42 Å². The number of hydrogen-bond donors (Lipinski definition) is 0. The first-order valence-electron chi connectivity index (χ1n) is 4.94. The summed E-state index contributed by atoms with van der Waals surface area (Å²) in [7, 11) is 0. The van der Waals surface area contributed by atoms with Crippen molar-refractivity contribution in [2.75, 3.05) is 5.88 Å². The zero-order valence-electron chi connectivity index (χ0n) is 8.40. The number of benzene rings is 1. The lowest BCUT2D eigenvalue weighted by Crippen LogP contribution is -2.37. The molecule has 2 rings (SSSR count). The van der Waals surface area contributed by atoms with Crippen LogP contribution in [0.2, 0.25) is 0 Å². The molecule has 0 saturated heterocycles. The van der Waals surface area contributed by atoms with Gasteiger partial charge in [0.25, 0.3) is 0 Å². The van der Waals surface area contributed by atoms with Gasteiger partial charge in [-0.15, -0.1) is 11.6 Å². The second-order valence-electron chi connectivity index (χ2n) is 3.63. The molecule has 0 amide bonds. The molecule has 0 heterocycles. The fourth-order valence-electron chi connectivity index (χ4n) is 1.87. The van der Waals surface area contributed by atoms with Gasteiger partial charge in [0.15, 0.2) is 5.78 Å². The molecule has 82 valence electrons. The van der Waals surface area contributed by atoms with E-state index < -0.39 is 17.5 Å². The van der Waals surface area contributed by atoms with Crippen LogP contribution in [0.25, 0.3) is 0 Å². The van der Waals surface area contributed by atoms with E-state index in [4.69, 9.17) is 11.6 Å². The van der Waals surface area contributed by atoms with Crippen molar-refractivity contribution in [2.24, 2.45) is 5.92 Å². The number of hydrogen-bond acceptors (Lipinski definition) is 3. The van der Waals surface area contributed by atoms with Gasteiger partial charge in [-0.25, -0.2) is 0 Å². The number of alkyl halides is 1. The van der Waals surface area contributed by atoms with Crippen LogP contribution in [0.1, 0.15) is 27.1 Å². The van der Waals surface area contributed by atoms with E-state index >= 15 is 0 Å². The molecule has 1 aliphatic carbocycles. The van der Waals surface area contributed by atoms with E-state index in [2.05, 4.69) is 0 Å². The number of carbonyl (C=O) groups is 3. The number of rotatable bonds is 2. The first kappa shape index (κ1) is 11.0. The molecule has 0 aromatic heterocycles. The van der Waals surface area contributed by atoms with Crippen molar-refractivity contribution < 1.29 is 14.4 Å². The third-order valence-electron chi connectivity index (χ3n) is 2.69. The van der Waals surface area contributed by atoms with Crippen LogP contribution in [-0.2, 0) is 4.79 Å². The summed E-state index contributed by atoms with van der Waals surface area (Å²) in [5.41, 5.74) is 0.547. The van der Waals surface area contributed by atoms with Gasteiger partial charge in [0.05, 0.1) is 5.92 Å². The Hall–Kier alpha value is -1.48. The number of ketones is 3. The Bertz CT molecular complexity index is 479. The van der Waals surface area contributed by atoms with Crippen LogP contribution in [0.3, 0.4) is 0 Å². The Labute approximate surface area is 97.4 Å². The van der Waals surface area contributed by atoms with Crippen LogP contribution in [0.4, 0.5) is 0 Å². The van der Waals surface area contributed by atoms with Crippen LogP contribution < -0.4 is 0 Å². The predicted octanol–water partition coefficient (Wildman–Crippen LogP) is 1.88. The summed E-state index contributed by atoms with van der Waals surface area (Å²) in [6, 6.07) is 6.39. The lowest BCUT2D eigenvalue weighted by atomic mass is 9.80. The first-order chi connectivity index (χ1) is 7.66. The van der Waals surface area contributed by atoms with Crippen molar-refractivity contribution in [1.82, 2.24) is 0 Å². The zero-order valence-corrected chi connectivity index (χ0v) is 9.16. The number of Topliss-reactive ketones (excluding diaryl/α,β-unsaturated/α-hetero) is 3. The minimum absolute atomic E-state index is 0.192. The molecular formula is C12H9ClO3. The molecule has 16 heavy (non-hydrogen) atoms. The van der Waals surface area contributed by atoms with Crippen LogP contribution in [0.15, 0.2) is 24.3 Å². The quantitative estimate of drug-likeness (QED) is 0.448. The summed E-state index contributed by atoms with van der Waals surface area (Å²) < 4.78 is 0. The number of fused-ring (bicyclic) bond motifs is 1. The average molecular weight is 237 g/mol. The van der Waals surface area contributed by atoms with Crippen molar-refractivity contribution >= 4 is 29.0 Å². The Morgan fingerprint density at radius 3 is 2.25 bits per heavy atom. The Morgan fingerprint density at radius 2 is 1.62 bits per heavy atom. The summed E-state index contributed by atoms with van der Waals surface area (Å²) in [5.74, 6) is -2.20. The zero-order chi connectivity index (χ0) is 11.7. The molecule has 0 spiro atoms. The van der Waals surface area contributed by atoms with Crippen molar-refractivity contribution in [3.63, 3.8) is 0 Å². The van der Waals surface area contributed by atoms with Crippen LogP contribution in [-0.4, -0.2) is 23.2 Å². The van der Waals surface area contributed by atoms with Gasteiger partial charge in [-0.3, -0.25) is 14.4 Å². The summed E-state index contributed by atoms with van der Waals surface area (Å²) >= 11 is 5.52. The summed E-state index contributed by atoms with van der Waals surface area (Å²) in [6.45, 7) is 0. The highest BCUT2D eigenvalue weighted by Crippen LogP contribution is 2.25. The third kappa shape index (κ3) is 1.57. The maximum Gasteiger partial charge on any atom is 0.230 e. The van der Waals surface area contributed by atoms with Crippen LogP contribution in [0.5, 0.6) is 0 Å². The van der Waals surface area contributed by atoms with E-state index in [-0.39, 0.29) is 23.6 Å². The lowest BCUT2D eigenvalue weighted by molar-refractivity contribution is -0.117. The molecule has 1 aromatic rings. The maximum absolute atomic E-state index is 11.9. The molecule has 0 aliphatic heterocycles. The molecule has 0 fully saturated rings. The van der Waals surface area contributed by atoms with E-state index in [9.17, 15) is 14.4 Å². The molecule has 0 N–H and O–H groups in total. The molecule has 0 radical (unpaired) electrons. The van der Waals surface area contributed by atoms with Crippen LogP contribution in [0, 0.1) is 5.92 Å². The fraction of sp³-hybridized carbons (Fsp3) is 0.250. The minimum atomic E-state index is -0.889.